The van der Waals surface area contributed by atoms with E-state index in [0.717, 1.165) is 18.8 Å². The van der Waals surface area contributed by atoms with Gasteiger partial charge in [-0.1, -0.05) is 25.8 Å². The Morgan fingerprint density at radius 3 is 3.00 bits per heavy atom. The van der Waals surface area contributed by atoms with E-state index < -0.39 is 0 Å². The normalized spacial score (nSPS) is 25.9. The fourth-order valence-corrected chi connectivity index (χ4v) is 2.13. The van der Waals surface area contributed by atoms with Gasteiger partial charge in [0, 0.05) is 12.6 Å². The molecule has 0 heterocycles. The van der Waals surface area contributed by atoms with Crippen molar-refractivity contribution in [2.75, 3.05) is 13.1 Å². The van der Waals surface area contributed by atoms with Crippen molar-refractivity contribution in [1.82, 2.24) is 10.6 Å². The fraction of sp³-hybridized carbons (Fsp3) is 0.750. The summed E-state index contributed by atoms with van der Waals surface area (Å²) in [6.45, 7) is 6.94. The van der Waals surface area contributed by atoms with E-state index in [2.05, 4.69) is 24.1 Å². The predicted molar refractivity (Wildman–Crippen MR) is 62.6 cm³/mol. The van der Waals surface area contributed by atoms with Crippen LogP contribution in [0.25, 0.3) is 0 Å². The molecule has 1 rings (SSSR count). The Balaban J connectivity index is 2.16. The molecular formula is C12H22N2O. The smallest absolute Gasteiger partial charge is 0.234 e. The summed E-state index contributed by atoms with van der Waals surface area (Å²) in [5.74, 6) is 0.862. The van der Waals surface area contributed by atoms with Crippen LogP contribution in [0.1, 0.15) is 32.6 Å². The van der Waals surface area contributed by atoms with E-state index in [1.54, 1.807) is 6.08 Å². The first-order valence-electron chi connectivity index (χ1n) is 5.83. The lowest BCUT2D eigenvalue weighted by molar-refractivity contribution is -0.121. The van der Waals surface area contributed by atoms with Gasteiger partial charge in [-0.2, -0.15) is 0 Å². The Bertz CT molecular complexity index is 216. The molecule has 0 aromatic rings. The summed E-state index contributed by atoms with van der Waals surface area (Å²) in [6, 6.07) is 0.395. The maximum Gasteiger partial charge on any atom is 0.234 e. The molecule has 1 fully saturated rings. The van der Waals surface area contributed by atoms with Gasteiger partial charge in [0.1, 0.15) is 0 Å². The quantitative estimate of drug-likeness (QED) is 0.533. The van der Waals surface area contributed by atoms with Crippen LogP contribution in [0.4, 0.5) is 0 Å². The van der Waals surface area contributed by atoms with Crippen LogP contribution in [-0.2, 0) is 4.79 Å². The molecule has 0 bridgehead atoms. The molecule has 2 atom stereocenters. The molecule has 1 amide bonds. The van der Waals surface area contributed by atoms with E-state index in [0.29, 0.717) is 19.1 Å². The minimum atomic E-state index is 0.107. The second kappa shape index (κ2) is 6.62. The van der Waals surface area contributed by atoms with E-state index in [1.807, 2.05) is 0 Å². The van der Waals surface area contributed by atoms with Crippen LogP contribution in [0.3, 0.4) is 0 Å². The number of nitrogens with one attached hydrogen (secondary N) is 2. The van der Waals surface area contributed by atoms with Gasteiger partial charge in [-0.3, -0.25) is 4.79 Å². The lowest BCUT2D eigenvalue weighted by Gasteiger charge is -2.27. The predicted octanol–water partition coefficient (Wildman–Crippen LogP) is 1.46. The van der Waals surface area contributed by atoms with Crippen LogP contribution >= 0.6 is 0 Å². The SMILES string of the molecule is C=CCNCC(=O)NC1CCCC(C)C1. The van der Waals surface area contributed by atoms with Crippen molar-refractivity contribution in [2.45, 2.75) is 38.6 Å². The average molecular weight is 210 g/mol. The zero-order chi connectivity index (χ0) is 11.1. The highest BCUT2D eigenvalue weighted by Gasteiger charge is 2.19. The maximum atomic E-state index is 11.5. The third-order valence-electron chi connectivity index (χ3n) is 2.88. The standard InChI is InChI=1S/C12H22N2O/c1-3-7-13-9-12(15)14-11-6-4-5-10(2)8-11/h3,10-11,13H,1,4-9H2,2H3,(H,14,15). The van der Waals surface area contributed by atoms with Gasteiger partial charge in [-0.05, 0) is 18.8 Å². The second-order valence-corrected chi connectivity index (χ2v) is 4.46. The number of carbonyl (C=O) groups excluding carboxylic acids is 1. The van der Waals surface area contributed by atoms with Gasteiger partial charge in [-0.25, -0.2) is 0 Å². The van der Waals surface area contributed by atoms with E-state index in [9.17, 15) is 4.79 Å². The molecule has 15 heavy (non-hydrogen) atoms. The highest BCUT2D eigenvalue weighted by Crippen LogP contribution is 2.23. The molecule has 0 aromatic heterocycles. The van der Waals surface area contributed by atoms with Gasteiger partial charge >= 0.3 is 0 Å². The Morgan fingerprint density at radius 2 is 2.33 bits per heavy atom. The van der Waals surface area contributed by atoms with Gasteiger partial charge in [0.15, 0.2) is 0 Å². The van der Waals surface area contributed by atoms with Crippen LogP contribution in [0, 0.1) is 5.92 Å². The molecule has 0 radical (unpaired) electrons. The number of hydrogen-bond donors (Lipinski definition) is 2. The van der Waals surface area contributed by atoms with Crippen LogP contribution in [0.15, 0.2) is 12.7 Å². The van der Waals surface area contributed by atoms with E-state index >= 15 is 0 Å². The lowest BCUT2D eigenvalue weighted by Crippen LogP contribution is -2.42. The molecule has 1 saturated carbocycles. The average Bonchev–Trinajstić information content (AvgIpc) is 2.18. The molecular weight excluding hydrogens is 188 g/mol. The highest BCUT2D eigenvalue weighted by atomic mass is 16.1. The Hall–Kier alpha value is -0.830. The number of rotatable bonds is 5. The van der Waals surface area contributed by atoms with Crippen molar-refractivity contribution in [1.29, 1.82) is 0 Å². The van der Waals surface area contributed by atoms with Crippen molar-refractivity contribution in [3.8, 4) is 0 Å². The molecule has 0 saturated heterocycles. The highest BCUT2D eigenvalue weighted by molar-refractivity contribution is 5.78. The lowest BCUT2D eigenvalue weighted by atomic mass is 9.87. The maximum absolute atomic E-state index is 11.5. The number of carbonyl (C=O) groups is 1. The van der Waals surface area contributed by atoms with Gasteiger partial charge in [0.25, 0.3) is 0 Å². The van der Waals surface area contributed by atoms with Gasteiger partial charge in [0.2, 0.25) is 5.91 Å². The molecule has 86 valence electrons. The Morgan fingerprint density at radius 1 is 1.53 bits per heavy atom. The van der Waals surface area contributed by atoms with Crippen LogP contribution in [0.2, 0.25) is 0 Å². The number of hydrogen-bond acceptors (Lipinski definition) is 2. The zero-order valence-corrected chi connectivity index (χ0v) is 9.59. The van der Waals surface area contributed by atoms with Gasteiger partial charge < -0.3 is 10.6 Å². The third-order valence-corrected chi connectivity index (χ3v) is 2.88. The summed E-state index contributed by atoms with van der Waals surface area (Å²) in [5.41, 5.74) is 0. The summed E-state index contributed by atoms with van der Waals surface area (Å²) in [7, 11) is 0. The molecule has 0 aromatic carbocycles. The van der Waals surface area contributed by atoms with Crippen LogP contribution in [-0.4, -0.2) is 25.0 Å². The first kappa shape index (κ1) is 12.2. The summed E-state index contributed by atoms with van der Waals surface area (Å²) < 4.78 is 0. The Kier molecular flexibility index (Phi) is 5.40. The van der Waals surface area contributed by atoms with E-state index in [4.69, 9.17) is 0 Å². The summed E-state index contributed by atoms with van der Waals surface area (Å²) in [5, 5.41) is 6.08. The van der Waals surface area contributed by atoms with E-state index in [1.165, 1.54) is 12.8 Å². The molecule has 3 nitrogen and oxygen atoms in total. The fourth-order valence-electron chi connectivity index (χ4n) is 2.13. The van der Waals surface area contributed by atoms with Crippen molar-refractivity contribution >= 4 is 5.91 Å². The summed E-state index contributed by atoms with van der Waals surface area (Å²) in [4.78, 5) is 11.5. The van der Waals surface area contributed by atoms with Crippen molar-refractivity contribution in [3.63, 3.8) is 0 Å². The zero-order valence-electron chi connectivity index (χ0n) is 9.59. The second-order valence-electron chi connectivity index (χ2n) is 4.46. The molecule has 1 aliphatic carbocycles. The summed E-state index contributed by atoms with van der Waals surface area (Å²) >= 11 is 0. The van der Waals surface area contributed by atoms with Crippen LogP contribution in [0.5, 0.6) is 0 Å². The largest absolute Gasteiger partial charge is 0.352 e. The Labute approximate surface area is 92.3 Å². The topological polar surface area (TPSA) is 41.1 Å². The molecule has 0 spiro atoms. The first-order chi connectivity index (χ1) is 7.22. The minimum absolute atomic E-state index is 0.107. The molecule has 0 aliphatic heterocycles. The summed E-state index contributed by atoms with van der Waals surface area (Å²) in [6.07, 6.45) is 6.58. The van der Waals surface area contributed by atoms with Crippen molar-refractivity contribution < 1.29 is 4.79 Å². The number of amides is 1. The van der Waals surface area contributed by atoms with E-state index in [-0.39, 0.29) is 5.91 Å². The van der Waals surface area contributed by atoms with Crippen molar-refractivity contribution in [2.24, 2.45) is 5.92 Å². The first-order valence-corrected chi connectivity index (χ1v) is 5.83. The molecule has 1 aliphatic rings. The van der Waals surface area contributed by atoms with Crippen LogP contribution < -0.4 is 10.6 Å². The molecule has 3 heteroatoms. The molecule has 2 N–H and O–H groups in total. The third kappa shape index (κ3) is 4.98. The molecule has 2 unspecified atom stereocenters. The monoisotopic (exact) mass is 210 g/mol. The van der Waals surface area contributed by atoms with Gasteiger partial charge in [0.05, 0.1) is 6.54 Å². The van der Waals surface area contributed by atoms with Crippen molar-refractivity contribution in [3.05, 3.63) is 12.7 Å². The van der Waals surface area contributed by atoms with Gasteiger partial charge in [-0.15, -0.1) is 6.58 Å². The minimum Gasteiger partial charge on any atom is -0.352 e.